The minimum absolute atomic E-state index is 0.00370. The van der Waals surface area contributed by atoms with Gasteiger partial charge in [0.15, 0.2) is 0 Å². The lowest BCUT2D eigenvalue weighted by Gasteiger charge is -2.16. The van der Waals surface area contributed by atoms with Crippen LogP contribution in [0.25, 0.3) is 0 Å². The third-order valence-electron chi connectivity index (χ3n) is 3.05. The number of rotatable bonds is 4. The molecule has 0 radical (unpaired) electrons. The van der Waals surface area contributed by atoms with Crippen LogP contribution in [-0.2, 0) is 9.53 Å². The van der Waals surface area contributed by atoms with Crippen LogP contribution in [0.15, 0.2) is 0 Å². The fraction of sp³-hybridized carbons (Fsp3) is 0.909. The van der Waals surface area contributed by atoms with Crippen LogP contribution >= 0.6 is 0 Å². The molecule has 0 saturated carbocycles. The molecule has 15 heavy (non-hydrogen) atoms. The second-order valence-corrected chi connectivity index (χ2v) is 4.50. The Morgan fingerprint density at radius 2 is 2.27 bits per heavy atom. The van der Waals surface area contributed by atoms with Crippen LogP contribution in [0.4, 0.5) is 0 Å². The summed E-state index contributed by atoms with van der Waals surface area (Å²) in [5.74, 6) is 0.248. The van der Waals surface area contributed by atoms with Gasteiger partial charge >= 0.3 is 5.97 Å². The zero-order valence-electron chi connectivity index (χ0n) is 9.77. The van der Waals surface area contributed by atoms with Crippen molar-refractivity contribution in [2.75, 3.05) is 26.7 Å². The van der Waals surface area contributed by atoms with Gasteiger partial charge in [0, 0.05) is 19.6 Å². The van der Waals surface area contributed by atoms with Crippen LogP contribution in [0.1, 0.15) is 20.3 Å². The lowest BCUT2D eigenvalue weighted by atomic mass is 9.99. The Morgan fingerprint density at radius 3 is 2.80 bits per heavy atom. The van der Waals surface area contributed by atoms with Crippen molar-refractivity contribution >= 4 is 5.97 Å². The van der Waals surface area contributed by atoms with E-state index in [1.54, 1.807) is 6.92 Å². The van der Waals surface area contributed by atoms with Gasteiger partial charge in [-0.3, -0.25) is 4.79 Å². The maximum atomic E-state index is 11.4. The number of carbonyl (C=O) groups excluding carboxylic acids is 1. The van der Waals surface area contributed by atoms with Crippen molar-refractivity contribution in [3.8, 4) is 0 Å². The molecule has 1 fully saturated rings. The van der Waals surface area contributed by atoms with Gasteiger partial charge in [0.25, 0.3) is 0 Å². The Balaban J connectivity index is 2.38. The minimum Gasteiger partial charge on any atom is -0.469 e. The van der Waals surface area contributed by atoms with E-state index in [0.29, 0.717) is 5.92 Å². The number of aliphatic hydroxyl groups is 1. The van der Waals surface area contributed by atoms with Crippen LogP contribution in [0.5, 0.6) is 0 Å². The molecule has 4 nitrogen and oxygen atoms in total. The van der Waals surface area contributed by atoms with E-state index in [9.17, 15) is 9.90 Å². The molecule has 0 aromatic carbocycles. The molecule has 0 aliphatic carbocycles. The summed E-state index contributed by atoms with van der Waals surface area (Å²) in [5.41, 5.74) is 0. The lowest BCUT2D eigenvalue weighted by molar-refractivity contribution is -0.146. The van der Waals surface area contributed by atoms with Crippen molar-refractivity contribution in [1.82, 2.24) is 4.90 Å². The number of nitrogens with zero attached hydrogens (tertiary/aromatic N) is 1. The molecule has 3 unspecified atom stereocenters. The molecule has 1 saturated heterocycles. The van der Waals surface area contributed by atoms with E-state index in [1.807, 2.05) is 0 Å². The summed E-state index contributed by atoms with van der Waals surface area (Å²) in [6, 6.07) is 0. The highest BCUT2D eigenvalue weighted by molar-refractivity contribution is 5.73. The van der Waals surface area contributed by atoms with Crippen LogP contribution in [0, 0.1) is 11.8 Å². The summed E-state index contributed by atoms with van der Waals surface area (Å²) in [4.78, 5) is 13.6. The first-order valence-electron chi connectivity index (χ1n) is 5.52. The minimum atomic E-state index is -0.266. The average Bonchev–Trinajstić information content (AvgIpc) is 2.55. The Labute approximate surface area is 91.2 Å². The molecule has 1 heterocycles. The summed E-state index contributed by atoms with van der Waals surface area (Å²) in [6.07, 6.45) is 0.498. The van der Waals surface area contributed by atoms with E-state index in [2.05, 4.69) is 11.8 Å². The zero-order valence-corrected chi connectivity index (χ0v) is 9.77. The average molecular weight is 215 g/mol. The molecule has 0 amide bonds. The van der Waals surface area contributed by atoms with Gasteiger partial charge in [-0.1, -0.05) is 6.92 Å². The number of esters is 1. The normalized spacial score (nSPS) is 29.1. The van der Waals surface area contributed by atoms with Crippen molar-refractivity contribution in [3.05, 3.63) is 0 Å². The number of carbonyl (C=O) groups is 1. The summed E-state index contributed by atoms with van der Waals surface area (Å²) < 4.78 is 4.76. The second kappa shape index (κ2) is 5.47. The maximum absolute atomic E-state index is 11.4. The Hall–Kier alpha value is -0.610. The number of ether oxygens (including phenoxy) is 1. The molecular formula is C11H21NO3. The largest absolute Gasteiger partial charge is 0.469 e. The van der Waals surface area contributed by atoms with Crippen molar-refractivity contribution in [3.63, 3.8) is 0 Å². The summed E-state index contributed by atoms with van der Waals surface area (Å²) in [7, 11) is 1.44. The highest BCUT2D eigenvalue weighted by Gasteiger charge is 2.35. The molecule has 0 bridgehead atoms. The van der Waals surface area contributed by atoms with E-state index in [0.717, 1.165) is 26.1 Å². The third kappa shape index (κ3) is 3.47. The summed E-state index contributed by atoms with van der Waals surface area (Å²) in [5, 5.41) is 9.18. The quantitative estimate of drug-likeness (QED) is 0.694. The van der Waals surface area contributed by atoms with Gasteiger partial charge in [0.2, 0.25) is 0 Å². The highest BCUT2D eigenvalue weighted by atomic mass is 16.5. The Bertz CT molecular complexity index is 218. The molecule has 88 valence electrons. The highest BCUT2D eigenvalue weighted by Crippen LogP contribution is 2.24. The Morgan fingerprint density at radius 1 is 1.60 bits per heavy atom. The molecule has 0 spiro atoms. The van der Waals surface area contributed by atoms with Gasteiger partial charge < -0.3 is 14.7 Å². The van der Waals surface area contributed by atoms with Gasteiger partial charge in [-0.25, -0.2) is 0 Å². The summed E-state index contributed by atoms with van der Waals surface area (Å²) in [6.45, 7) is 6.41. The number of likely N-dealkylation sites (tertiary alicyclic amines) is 1. The van der Waals surface area contributed by atoms with E-state index in [1.165, 1.54) is 7.11 Å². The zero-order chi connectivity index (χ0) is 11.4. The van der Waals surface area contributed by atoms with E-state index in [-0.39, 0.29) is 18.0 Å². The number of methoxy groups -OCH3 is 1. The van der Waals surface area contributed by atoms with E-state index >= 15 is 0 Å². The van der Waals surface area contributed by atoms with Crippen molar-refractivity contribution in [2.24, 2.45) is 11.8 Å². The maximum Gasteiger partial charge on any atom is 0.310 e. The van der Waals surface area contributed by atoms with E-state index in [4.69, 9.17) is 4.74 Å². The predicted molar refractivity (Wildman–Crippen MR) is 57.4 cm³/mol. The first-order valence-corrected chi connectivity index (χ1v) is 5.52. The van der Waals surface area contributed by atoms with Gasteiger partial charge in [0.05, 0.1) is 19.1 Å². The smallest absolute Gasteiger partial charge is 0.310 e. The van der Waals surface area contributed by atoms with Crippen molar-refractivity contribution < 1.29 is 14.6 Å². The summed E-state index contributed by atoms with van der Waals surface area (Å²) >= 11 is 0. The van der Waals surface area contributed by atoms with E-state index < -0.39 is 0 Å². The van der Waals surface area contributed by atoms with Gasteiger partial charge in [-0.15, -0.1) is 0 Å². The third-order valence-corrected chi connectivity index (χ3v) is 3.05. The van der Waals surface area contributed by atoms with Crippen LogP contribution in [0.3, 0.4) is 0 Å². The second-order valence-electron chi connectivity index (χ2n) is 4.50. The molecule has 0 aromatic rings. The molecule has 1 N–H and O–H groups in total. The lowest BCUT2D eigenvalue weighted by Crippen LogP contribution is -2.26. The number of hydrogen-bond donors (Lipinski definition) is 1. The molecular weight excluding hydrogens is 194 g/mol. The standard InChI is InChI=1S/C11H21NO3/c1-8-6-12(5-4-9(2)13)7-10(8)11(14)15-3/h8-10,13H,4-7H2,1-3H3. The first-order chi connectivity index (χ1) is 7.04. The van der Waals surface area contributed by atoms with Gasteiger partial charge in [0.1, 0.15) is 0 Å². The molecule has 1 aliphatic heterocycles. The van der Waals surface area contributed by atoms with Crippen LogP contribution in [-0.4, -0.2) is 48.8 Å². The van der Waals surface area contributed by atoms with Crippen LogP contribution < -0.4 is 0 Å². The van der Waals surface area contributed by atoms with Crippen LogP contribution in [0.2, 0.25) is 0 Å². The number of aliphatic hydroxyl groups excluding tert-OH is 1. The fourth-order valence-electron chi connectivity index (χ4n) is 2.08. The molecule has 3 atom stereocenters. The van der Waals surface area contributed by atoms with Crippen molar-refractivity contribution in [1.29, 1.82) is 0 Å². The van der Waals surface area contributed by atoms with Gasteiger partial charge in [-0.2, -0.15) is 0 Å². The predicted octanol–water partition coefficient (Wildman–Crippen LogP) is 0.498. The molecule has 4 heteroatoms. The SMILES string of the molecule is COC(=O)C1CN(CCC(C)O)CC1C. The molecule has 1 rings (SSSR count). The van der Waals surface area contributed by atoms with Crippen molar-refractivity contribution in [2.45, 2.75) is 26.4 Å². The molecule has 0 aromatic heterocycles. The topological polar surface area (TPSA) is 49.8 Å². The fourth-order valence-corrected chi connectivity index (χ4v) is 2.08. The Kier molecular flexibility index (Phi) is 4.54. The monoisotopic (exact) mass is 215 g/mol. The number of hydrogen-bond acceptors (Lipinski definition) is 4. The molecule has 1 aliphatic rings. The van der Waals surface area contributed by atoms with Gasteiger partial charge in [-0.05, 0) is 19.3 Å². The first kappa shape index (κ1) is 12.5.